The van der Waals surface area contributed by atoms with Crippen LogP contribution in [0.4, 0.5) is 8.78 Å². The van der Waals surface area contributed by atoms with Gasteiger partial charge in [-0.2, -0.15) is 0 Å². The van der Waals surface area contributed by atoms with E-state index in [0.29, 0.717) is 0 Å². The van der Waals surface area contributed by atoms with E-state index in [4.69, 9.17) is 9.97 Å². The molecule has 4 heteroatoms. The fourth-order valence-electron chi connectivity index (χ4n) is 2.91. The maximum Gasteiger partial charge on any atom is 0.123 e. The fourth-order valence-corrected chi connectivity index (χ4v) is 2.91. The SMILES string of the molecule is CC(C)c1nc(-c2ccc(F)cc2)c(C(C)C)nc1-c1ccc(F)cc1. The molecule has 1 aromatic heterocycles. The van der Waals surface area contributed by atoms with Gasteiger partial charge in [-0.1, -0.05) is 27.7 Å². The predicted molar refractivity (Wildman–Crippen MR) is 101 cm³/mol. The Balaban J connectivity index is 2.25. The van der Waals surface area contributed by atoms with Crippen LogP contribution in [0.15, 0.2) is 48.5 Å². The second kappa shape index (κ2) is 7.32. The average Bonchev–Trinajstić information content (AvgIpc) is 2.62. The number of benzene rings is 2. The summed E-state index contributed by atoms with van der Waals surface area (Å²) in [7, 11) is 0. The van der Waals surface area contributed by atoms with Crippen molar-refractivity contribution in [3.05, 3.63) is 71.6 Å². The van der Waals surface area contributed by atoms with Gasteiger partial charge in [0, 0.05) is 11.1 Å². The van der Waals surface area contributed by atoms with E-state index in [9.17, 15) is 8.78 Å². The topological polar surface area (TPSA) is 25.8 Å². The molecule has 0 saturated carbocycles. The molecule has 0 unspecified atom stereocenters. The average molecular weight is 352 g/mol. The third-order valence-electron chi connectivity index (χ3n) is 4.28. The van der Waals surface area contributed by atoms with Gasteiger partial charge in [-0.15, -0.1) is 0 Å². The van der Waals surface area contributed by atoms with Gasteiger partial charge in [0.05, 0.1) is 22.8 Å². The Kier molecular flexibility index (Phi) is 5.12. The van der Waals surface area contributed by atoms with Crippen molar-refractivity contribution in [3.63, 3.8) is 0 Å². The van der Waals surface area contributed by atoms with Gasteiger partial charge in [0.2, 0.25) is 0 Å². The summed E-state index contributed by atoms with van der Waals surface area (Å²) in [5, 5.41) is 0. The fraction of sp³-hybridized carbons (Fsp3) is 0.273. The Morgan fingerprint density at radius 1 is 0.577 bits per heavy atom. The van der Waals surface area contributed by atoms with E-state index in [1.165, 1.54) is 24.3 Å². The van der Waals surface area contributed by atoms with Gasteiger partial charge in [-0.05, 0) is 60.4 Å². The monoisotopic (exact) mass is 352 g/mol. The molecule has 3 aromatic rings. The zero-order valence-corrected chi connectivity index (χ0v) is 15.4. The Morgan fingerprint density at radius 3 is 1.15 bits per heavy atom. The van der Waals surface area contributed by atoms with Crippen molar-refractivity contribution < 1.29 is 8.78 Å². The van der Waals surface area contributed by atoms with Crippen molar-refractivity contribution in [2.24, 2.45) is 0 Å². The highest BCUT2D eigenvalue weighted by Gasteiger charge is 2.20. The van der Waals surface area contributed by atoms with E-state index in [1.54, 1.807) is 24.3 Å². The van der Waals surface area contributed by atoms with Crippen LogP contribution >= 0.6 is 0 Å². The molecule has 0 N–H and O–H groups in total. The first-order chi connectivity index (χ1) is 12.4. The van der Waals surface area contributed by atoms with Crippen LogP contribution in [-0.2, 0) is 0 Å². The lowest BCUT2D eigenvalue weighted by Gasteiger charge is -2.18. The van der Waals surface area contributed by atoms with Crippen LogP contribution in [0.2, 0.25) is 0 Å². The first-order valence-corrected chi connectivity index (χ1v) is 8.80. The summed E-state index contributed by atoms with van der Waals surface area (Å²) in [4.78, 5) is 9.83. The van der Waals surface area contributed by atoms with E-state index in [1.807, 2.05) is 0 Å². The van der Waals surface area contributed by atoms with Crippen molar-refractivity contribution in [1.82, 2.24) is 9.97 Å². The Labute approximate surface area is 153 Å². The van der Waals surface area contributed by atoms with Crippen LogP contribution in [0.25, 0.3) is 22.5 Å². The Morgan fingerprint density at radius 2 is 0.885 bits per heavy atom. The first kappa shape index (κ1) is 18.2. The van der Waals surface area contributed by atoms with Gasteiger partial charge < -0.3 is 0 Å². The molecule has 0 spiro atoms. The zero-order chi connectivity index (χ0) is 18.8. The van der Waals surface area contributed by atoms with E-state index in [2.05, 4.69) is 27.7 Å². The van der Waals surface area contributed by atoms with Crippen molar-refractivity contribution in [1.29, 1.82) is 0 Å². The molecule has 0 aliphatic heterocycles. The van der Waals surface area contributed by atoms with Crippen LogP contribution in [0.5, 0.6) is 0 Å². The van der Waals surface area contributed by atoms with Gasteiger partial charge >= 0.3 is 0 Å². The number of aromatic nitrogens is 2. The molecule has 0 bridgehead atoms. The molecule has 2 nitrogen and oxygen atoms in total. The molecule has 0 aliphatic rings. The van der Waals surface area contributed by atoms with Gasteiger partial charge in [0.15, 0.2) is 0 Å². The molecule has 1 heterocycles. The largest absolute Gasteiger partial charge is 0.248 e. The van der Waals surface area contributed by atoms with Crippen molar-refractivity contribution in [3.8, 4) is 22.5 Å². The third-order valence-corrected chi connectivity index (χ3v) is 4.28. The van der Waals surface area contributed by atoms with Crippen LogP contribution < -0.4 is 0 Å². The van der Waals surface area contributed by atoms with Crippen LogP contribution in [-0.4, -0.2) is 9.97 Å². The van der Waals surface area contributed by atoms with Crippen LogP contribution in [0.1, 0.15) is 50.9 Å². The maximum atomic E-state index is 13.3. The molecule has 134 valence electrons. The van der Waals surface area contributed by atoms with Crippen LogP contribution in [0.3, 0.4) is 0 Å². The molecule has 0 radical (unpaired) electrons. The smallest absolute Gasteiger partial charge is 0.123 e. The molecule has 3 rings (SSSR count). The summed E-state index contributed by atoms with van der Waals surface area (Å²) < 4.78 is 26.6. The minimum absolute atomic E-state index is 0.142. The lowest BCUT2D eigenvalue weighted by atomic mass is 9.97. The van der Waals surface area contributed by atoms with Crippen molar-refractivity contribution in [2.75, 3.05) is 0 Å². The summed E-state index contributed by atoms with van der Waals surface area (Å²) in [5.74, 6) is -0.273. The minimum atomic E-state index is -0.278. The lowest BCUT2D eigenvalue weighted by Crippen LogP contribution is -2.08. The van der Waals surface area contributed by atoms with Gasteiger partial charge in [0.1, 0.15) is 11.6 Å². The molecule has 0 saturated heterocycles. The standard InChI is InChI=1S/C22H22F2N2/c1-13(2)19-21(15-5-9-17(23)10-6-15)26-20(14(3)4)22(25-19)16-7-11-18(24)12-8-16/h5-14H,1-4H3. The second-order valence-corrected chi connectivity index (χ2v) is 7.01. The zero-order valence-electron chi connectivity index (χ0n) is 15.4. The van der Waals surface area contributed by atoms with E-state index in [0.717, 1.165) is 33.9 Å². The lowest BCUT2D eigenvalue weighted by molar-refractivity contribution is 0.627. The summed E-state index contributed by atoms with van der Waals surface area (Å²) in [6.07, 6.45) is 0. The van der Waals surface area contributed by atoms with E-state index >= 15 is 0 Å². The van der Waals surface area contributed by atoms with Crippen LogP contribution in [0, 0.1) is 11.6 Å². The normalized spacial score (nSPS) is 11.4. The molecule has 0 amide bonds. The third kappa shape index (κ3) is 3.64. The molecule has 0 atom stereocenters. The molecule has 2 aromatic carbocycles. The summed E-state index contributed by atoms with van der Waals surface area (Å²) in [5.41, 5.74) is 4.93. The van der Waals surface area contributed by atoms with E-state index in [-0.39, 0.29) is 23.5 Å². The molecule has 0 aliphatic carbocycles. The Bertz CT molecular complexity index is 821. The maximum absolute atomic E-state index is 13.3. The quantitative estimate of drug-likeness (QED) is 0.548. The Hall–Kier alpha value is -2.62. The predicted octanol–water partition coefficient (Wildman–Crippen LogP) is 6.34. The summed E-state index contributed by atoms with van der Waals surface area (Å²) >= 11 is 0. The molecular weight excluding hydrogens is 330 g/mol. The number of hydrogen-bond acceptors (Lipinski definition) is 2. The van der Waals surface area contributed by atoms with E-state index < -0.39 is 0 Å². The minimum Gasteiger partial charge on any atom is -0.248 e. The van der Waals surface area contributed by atoms with Gasteiger partial charge in [-0.3, -0.25) is 0 Å². The first-order valence-electron chi connectivity index (χ1n) is 8.80. The molecular formula is C22H22F2N2. The van der Waals surface area contributed by atoms with Gasteiger partial charge in [0.25, 0.3) is 0 Å². The summed E-state index contributed by atoms with van der Waals surface area (Å²) in [6, 6.07) is 12.7. The molecule has 0 fully saturated rings. The number of rotatable bonds is 4. The second-order valence-electron chi connectivity index (χ2n) is 7.01. The van der Waals surface area contributed by atoms with Gasteiger partial charge in [-0.25, -0.2) is 18.7 Å². The number of halogens is 2. The number of nitrogens with zero attached hydrogens (tertiary/aromatic N) is 2. The van der Waals surface area contributed by atoms with Crippen molar-refractivity contribution >= 4 is 0 Å². The van der Waals surface area contributed by atoms with Crippen molar-refractivity contribution in [2.45, 2.75) is 39.5 Å². The summed E-state index contributed by atoms with van der Waals surface area (Å²) in [6.45, 7) is 8.22. The highest BCUT2D eigenvalue weighted by Crippen LogP contribution is 2.33. The number of hydrogen-bond donors (Lipinski definition) is 0. The highest BCUT2D eigenvalue weighted by atomic mass is 19.1. The highest BCUT2D eigenvalue weighted by molar-refractivity contribution is 5.68. The molecule has 26 heavy (non-hydrogen) atoms.